The first kappa shape index (κ1) is 11.4. The summed E-state index contributed by atoms with van der Waals surface area (Å²) in [5.74, 6) is 0. The molecule has 2 rings (SSSR count). The molecule has 1 aliphatic carbocycles. The Labute approximate surface area is 98.0 Å². The van der Waals surface area contributed by atoms with Gasteiger partial charge in [0.1, 0.15) is 0 Å². The van der Waals surface area contributed by atoms with Gasteiger partial charge in [-0.25, -0.2) is 0 Å². The van der Waals surface area contributed by atoms with Gasteiger partial charge in [0.15, 0.2) is 0 Å². The average molecular weight is 242 g/mol. The van der Waals surface area contributed by atoms with E-state index in [0.717, 1.165) is 19.3 Å². The number of nitro benzene ring substituents is 1. The Hall–Kier alpha value is -1.13. The molecule has 0 atom stereocenters. The van der Waals surface area contributed by atoms with Crippen molar-refractivity contribution in [3.05, 3.63) is 38.9 Å². The van der Waals surface area contributed by atoms with Crippen LogP contribution in [0.15, 0.2) is 18.2 Å². The van der Waals surface area contributed by atoms with Gasteiger partial charge in [-0.05, 0) is 24.5 Å². The molecule has 86 valence electrons. The van der Waals surface area contributed by atoms with Crippen LogP contribution < -0.4 is 0 Å². The maximum absolute atomic E-state index is 10.7. The highest BCUT2D eigenvalue weighted by Gasteiger charge is 2.40. The van der Waals surface area contributed by atoms with Gasteiger partial charge in [-0.2, -0.15) is 0 Å². The minimum atomic E-state index is -0.441. The smallest absolute Gasteiger partial charge is 0.269 e. The van der Waals surface area contributed by atoms with E-state index in [2.05, 4.69) is 0 Å². The number of hydrogen-bond acceptors (Lipinski definition) is 3. The zero-order valence-corrected chi connectivity index (χ0v) is 9.41. The molecule has 1 aromatic rings. The summed E-state index contributed by atoms with van der Waals surface area (Å²) in [6.45, 7) is -0.00606. The molecule has 0 amide bonds. The topological polar surface area (TPSA) is 63.4 Å². The number of aliphatic hydroxyl groups is 1. The molecule has 1 fully saturated rings. The van der Waals surface area contributed by atoms with Crippen molar-refractivity contribution in [3.8, 4) is 0 Å². The lowest BCUT2D eigenvalue weighted by Crippen LogP contribution is -2.38. The number of benzene rings is 1. The van der Waals surface area contributed by atoms with Crippen LogP contribution in [0.4, 0.5) is 5.69 Å². The van der Waals surface area contributed by atoms with E-state index < -0.39 is 4.92 Å². The predicted octanol–water partition coefficient (Wildman–Crippen LogP) is 2.66. The van der Waals surface area contributed by atoms with Gasteiger partial charge in [0.2, 0.25) is 0 Å². The first-order chi connectivity index (χ1) is 7.59. The maximum Gasteiger partial charge on any atom is 0.269 e. The molecule has 16 heavy (non-hydrogen) atoms. The number of hydrogen-bond donors (Lipinski definition) is 1. The lowest BCUT2D eigenvalue weighted by Gasteiger charge is -2.41. The lowest BCUT2D eigenvalue weighted by molar-refractivity contribution is -0.385. The van der Waals surface area contributed by atoms with E-state index in [1.54, 1.807) is 0 Å². The SMILES string of the molecule is O=[N+]([O-])c1ccc(Cl)c(C2(CO)CCC2)c1. The Bertz CT molecular complexity index is 424. The highest BCUT2D eigenvalue weighted by atomic mass is 35.5. The molecular formula is C11H12ClNO3. The molecule has 1 N–H and O–H groups in total. The van der Waals surface area contributed by atoms with Crippen LogP contribution in [0.5, 0.6) is 0 Å². The van der Waals surface area contributed by atoms with Gasteiger partial charge in [-0.15, -0.1) is 0 Å². The third kappa shape index (κ3) is 1.68. The fourth-order valence-electron chi connectivity index (χ4n) is 2.15. The van der Waals surface area contributed by atoms with Gasteiger partial charge < -0.3 is 5.11 Å². The Morgan fingerprint density at radius 1 is 1.50 bits per heavy atom. The van der Waals surface area contributed by atoms with Crippen molar-refractivity contribution in [2.24, 2.45) is 0 Å². The molecule has 0 spiro atoms. The molecule has 0 aromatic heterocycles. The summed E-state index contributed by atoms with van der Waals surface area (Å²) in [4.78, 5) is 10.2. The number of non-ortho nitro benzene ring substituents is 1. The van der Waals surface area contributed by atoms with Gasteiger partial charge in [-0.1, -0.05) is 18.0 Å². The Kier molecular flexibility index (Phi) is 2.86. The second-order valence-electron chi connectivity index (χ2n) is 4.21. The van der Waals surface area contributed by atoms with Crippen molar-refractivity contribution in [1.82, 2.24) is 0 Å². The number of rotatable bonds is 3. The zero-order valence-electron chi connectivity index (χ0n) is 8.65. The van der Waals surface area contributed by atoms with Crippen molar-refractivity contribution in [1.29, 1.82) is 0 Å². The van der Waals surface area contributed by atoms with Crippen LogP contribution in [0.2, 0.25) is 5.02 Å². The van der Waals surface area contributed by atoms with Crippen LogP contribution in [0, 0.1) is 10.1 Å². The third-order valence-electron chi connectivity index (χ3n) is 3.35. The van der Waals surface area contributed by atoms with Gasteiger partial charge in [-0.3, -0.25) is 10.1 Å². The maximum atomic E-state index is 10.7. The van der Waals surface area contributed by atoms with Gasteiger partial charge in [0.25, 0.3) is 5.69 Å². The van der Waals surface area contributed by atoms with Crippen LogP contribution in [0.25, 0.3) is 0 Å². The zero-order chi connectivity index (χ0) is 11.8. The molecule has 0 saturated heterocycles. The van der Waals surface area contributed by atoms with Crippen LogP contribution in [-0.2, 0) is 5.41 Å². The molecule has 0 radical (unpaired) electrons. The normalized spacial score (nSPS) is 17.9. The van der Waals surface area contributed by atoms with Crippen LogP contribution in [0.1, 0.15) is 24.8 Å². The lowest BCUT2D eigenvalue weighted by atomic mass is 9.65. The summed E-state index contributed by atoms with van der Waals surface area (Å²) >= 11 is 6.04. The third-order valence-corrected chi connectivity index (χ3v) is 3.68. The molecule has 1 saturated carbocycles. The van der Waals surface area contributed by atoms with E-state index >= 15 is 0 Å². The van der Waals surface area contributed by atoms with Crippen LogP contribution >= 0.6 is 11.6 Å². The summed E-state index contributed by atoms with van der Waals surface area (Å²) in [6.07, 6.45) is 2.70. The van der Waals surface area contributed by atoms with E-state index in [1.807, 2.05) is 0 Å². The molecule has 4 nitrogen and oxygen atoms in total. The Morgan fingerprint density at radius 3 is 2.62 bits per heavy atom. The fourth-order valence-corrected chi connectivity index (χ4v) is 2.47. The number of nitrogens with zero attached hydrogens (tertiary/aromatic N) is 1. The van der Waals surface area contributed by atoms with E-state index in [4.69, 9.17) is 11.6 Å². The minimum absolute atomic E-state index is 0.00606. The first-order valence-corrected chi connectivity index (χ1v) is 5.52. The highest BCUT2D eigenvalue weighted by Crippen LogP contribution is 2.46. The monoisotopic (exact) mass is 241 g/mol. The molecule has 0 unspecified atom stereocenters. The fraction of sp³-hybridized carbons (Fsp3) is 0.455. The first-order valence-electron chi connectivity index (χ1n) is 5.14. The summed E-state index contributed by atoms with van der Waals surface area (Å²) in [6, 6.07) is 4.40. The van der Waals surface area contributed by atoms with Crippen molar-refractivity contribution in [3.63, 3.8) is 0 Å². The highest BCUT2D eigenvalue weighted by molar-refractivity contribution is 6.31. The van der Waals surface area contributed by atoms with Crippen molar-refractivity contribution in [2.75, 3.05) is 6.61 Å². The number of halogens is 1. The number of aliphatic hydroxyl groups excluding tert-OH is 1. The molecule has 5 heteroatoms. The molecular weight excluding hydrogens is 230 g/mol. The minimum Gasteiger partial charge on any atom is -0.395 e. The average Bonchev–Trinajstić information content (AvgIpc) is 2.19. The Morgan fingerprint density at radius 2 is 2.19 bits per heavy atom. The molecule has 1 aromatic carbocycles. The van der Waals surface area contributed by atoms with Crippen molar-refractivity contribution >= 4 is 17.3 Å². The summed E-state index contributed by atoms with van der Waals surface area (Å²) < 4.78 is 0. The molecule has 0 aliphatic heterocycles. The Balaban J connectivity index is 2.46. The van der Waals surface area contributed by atoms with E-state index in [-0.39, 0.29) is 17.7 Å². The number of nitro groups is 1. The molecule has 0 bridgehead atoms. The predicted molar refractivity (Wildman–Crippen MR) is 60.7 cm³/mol. The van der Waals surface area contributed by atoms with Crippen LogP contribution in [-0.4, -0.2) is 16.6 Å². The van der Waals surface area contributed by atoms with Gasteiger partial charge in [0.05, 0.1) is 11.5 Å². The quantitative estimate of drug-likeness (QED) is 0.654. The van der Waals surface area contributed by atoms with Crippen LogP contribution in [0.3, 0.4) is 0 Å². The van der Waals surface area contributed by atoms with E-state index in [1.165, 1.54) is 18.2 Å². The molecule has 0 heterocycles. The summed E-state index contributed by atoms with van der Waals surface area (Å²) in [7, 11) is 0. The molecule has 1 aliphatic rings. The van der Waals surface area contributed by atoms with E-state index in [0.29, 0.717) is 10.6 Å². The van der Waals surface area contributed by atoms with Gasteiger partial charge >= 0.3 is 0 Å². The largest absolute Gasteiger partial charge is 0.395 e. The summed E-state index contributed by atoms with van der Waals surface area (Å²) in [5, 5.41) is 20.6. The second kappa shape index (κ2) is 4.03. The second-order valence-corrected chi connectivity index (χ2v) is 4.62. The van der Waals surface area contributed by atoms with Crippen molar-refractivity contribution in [2.45, 2.75) is 24.7 Å². The van der Waals surface area contributed by atoms with Crippen molar-refractivity contribution < 1.29 is 10.0 Å². The van der Waals surface area contributed by atoms with Gasteiger partial charge in [0, 0.05) is 22.6 Å². The standard InChI is InChI=1S/C11H12ClNO3/c12-10-3-2-8(13(15)16)6-9(10)11(7-14)4-1-5-11/h2-3,6,14H,1,4-5,7H2. The van der Waals surface area contributed by atoms with E-state index in [9.17, 15) is 15.2 Å². The summed E-state index contributed by atoms with van der Waals surface area (Å²) in [5.41, 5.74) is 0.375.